The van der Waals surface area contributed by atoms with E-state index in [4.69, 9.17) is 0 Å². The van der Waals surface area contributed by atoms with E-state index in [0.29, 0.717) is 5.92 Å². The molecule has 26 heavy (non-hydrogen) atoms. The van der Waals surface area contributed by atoms with Crippen LogP contribution in [0.3, 0.4) is 0 Å². The highest BCUT2D eigenvalue weighted by Crippen LogP contribution is 2.30. The fourth-order valence-electron chi connectivity index (χ4n) is 1.55. The maximum Gasteiger partial charge on any atom is 0.0307 e. The molecule has 1 aromatic rings. The number of hydrogen-bond acceptors (Lipinski definition) is 3. The molecule has 1 rings (SSSR count). The van der Waals surface area contributed by atoms with Crippen LogP contribution in [0.15, 0.2) is 55.5 Å². The maximum atomic E-state index is 4.01. The molecule has 0 bridgehead atoms. The third-order valence-electron chi connectivity index (χ3n) is 2.81. The summed E-state index contributed by atoms with van der Waals surface area (Å²) in [6.07, 6.45) is 3.47. The summed E-state index contributed by atoms with van der Waals surface area (Å²) in [5.41, 5.74) is 2.49. The molecule has 1 aromatic carbocycles. The number of rotatable bonds is 7. The summed E-state index contributed by atoms with van der Waals surface area (Å²) in [5.74, 6) is 1.42. The first kappa shape index (κ1) is 29.8. The molecule has 3 heteroatoms. The molecule has 1 atom stereocenters. The average Bonchev–Trinajstić information content (AvgIpc) is 2.65. The molecule has 0 saturated heterocycles. The van der Waals surface area contributed by atoms with Crippen LogP contribution in [0, 0.1) is 11.8 Å². The Morgan fingerprint density at radius 3 is 1.92 bits per heavy atom. The Morgan fingerprint density at radius 1 is 1.12 bits per heavy atom. The van der Waals surface area contributed by atoms with Gasteiger partial charge >= 0.3 is 0 Å². The van der Waals surface area contributed by atoms with E-state index in [1.165, 1.54) is 16.0 Å². The topological polar surface area (TPSA) is 12.0 Å². The molecule has 0 amide bonds. The van der Waals surface area contributed by atoms with Gasteiger partial charge in [-0.05, 0) is 28.4 Å². The predicted molar refractivity (Wildman–Crippen MR) is 131 cm³/mol. The highest BCUT2D eigenvalue weighted by atomic mass is 32.2. The summed E-state index contributed by atoms with van der Waals surface area (Å²) in [4.78, 5) is 1.28. The SMILES string of the molecule is C=C.C=CS/C(=C\C(C)CC)c1ccc(CNS)cc1.CC.CC(C)C. The highest BCUT2D eigenvalue weighted by Gasteiger charge is 2.03. The second-order valence-electron chi connectivity index (χ2n) is 5.96. The largest absolute Gasteiger partial charge is 0.262 e. The van der Waals surface area contributed by atoms with Crippen LogP contribution in [0.25, 0.3) is 4.91 Å². The Balaban J connectivity index is -0.000000568. The van der Waals surface area contributed by atoms with Crippen LogP contribution in [0.5, 0.6) is 0 Å². The summed E-state index contributed by atoms with van der Waals surface area (Å²) in [5, 5.41) is 1.89. The lowest BCUT2D eigenvalue weighted by molar-refractivity contribution is 0.701. The minimum Gasteiger partial charge on any atom is -0.262 e. The monoisotopic (exact) mass is 395 g/mol. The Labute approximate surface area is 174 Å². The van der Waals surface area contributed by atoms with E-state index in [1.807, 2.05) is 19.3 Å². The van der Waals surface area contributed by atoms with Crippen LogP contribution in [-0.2, 0) is 6.54 Å². The smallest absolute Gasteiger partial charge is 0.0307 e. The van der Waals surface area contributed by atoms with E-state index in [1.54, 1.807) is 11.8 Å². The van der Waals surface area contributed by atoms with Gasteiger partial charge in [-0.2, -0.15) is 0 Å². The van der Waals surface area contributed by atoms with E-state index in [-0.39, 0.29) is 0 Å². The normalized spacial score (nSPS) is 11.0. The molecule has 0 fully saturated rings. The molecule has 1 N–H and O–H groups in total. The lowest BCUT2D eigenvalue weighted by atomic mass is 10.1. The van der Waals surface area contributed by atoms with E-state index in [0.717, 1.165) is 18.9 Å². The van der Waals surface area contributed by atoms with Gasteiger partial charge in [-0.15, -0.1) is 13.2 Å². The van der Waals surface area contributed by atoms with E-state index in [2.05, 4.69) is 102 Å². The van der Waals surface area contributed by atoms with Crippen molar-refractivity contribution in [2.45, 2.75) is 61.4 Å². The fourth-order valence-corrected chi connectivity index (χ4v) is 2.49. The van der Waals surface area contributed by atoms with Crippen LogP contribution in [0.4, 0.5) is 0 Å². The zero-order valence-corrected chi connectivity index (χ0v) is 19.7. The molecule has 0 aromatic heterocycles. The van der Waals surface area contributed by atoms with Crippen LogP contribution < -0.4 is 4.72 Å². The summed E-state index contributed by atoms with van der Waals surface area (Å²) in [7, 11) is 0. The highest BCUT2D eigenvalue weighted by molar-refractivity contribution is 8.10. The number of thiol groups is 1. The first-order valence-corrected chi connectivity index (χ1v) is 10.7. The molecule has 0 heterocycles. The minimum absolute atomic E-state index is 0.589. The lowest BCUT2D eigenvalue weighted by Gasteiger charge is -2.09. The quantitative estimate of drug-likeness (QED) is 0.355. The van der Waals surface area contributed by atoms with Gasteiger partial charge in [-0.1, -0.05) is 116 Å². The standard InChI is InChI=1S/C15H21NS2.C4H10.C2H6.C2H4/c1-4-12(3)10-15(18-5-2)14-8-6-13(7-9-14)11-16-17;1-4(2)3;2*1-2/h5-10,12,16-17H,2,4,11H2,1,3H3;4H,1-3H3;1-2H3;1-2H2/b15-10-;;;. The molecule has 0 radical (unpaired) electrons. The molecule has 0 aliphatic heterocycles. The van der Waals surface area contributed by atoms with Gasteiger partial charge in [-0.25, -0.2) is 0 Å². The fraction of sp³-hybridized carbons (Fsp3) is 0.478. The summed E-state index contributed by atoms with van der Waals surface area (Å²) in [6, 6.07) is 8.58. The van der Waals surface area contributed by atoms with Crippen molar-refractivity contribution in [3.63, 3.8) is 0 Å². The molecular weight excluding hydrogens is 354 g/mol. The van der Waals surface area contributed by atoms with Crippen LogP contribution in [0.1, 0.15) is 66.0 Å². The van der Waals surface area contributed by atoms with Crippen molar-refractivity contribution < 1.29 is 0 Å². The van der Waals surface area contributed by atoms with Crippen molar-refractivity contribution >= 4 is 29.5 Å². The number of allylic oxidation sites excluding steroid dienone is 1. The molecular formula is C23H41NS2. The second-order valence-corrected chi connectivity index (χ2v) is 7.29. The number of nitrogens with one attached hydrogen (secondary N) is 1. The van der Waals surface area contributed by atoms with Crippen LogP contribution in [0.2, 0.25) is 0 Å². The van der Waals surface area contributed by atoms with Crippen LogP contribution in [-0.4, -0.2) is 0 Å². The van der Waals surface area contributed by atoms with Crippen molar-refractivity contribution in [1.29, 1.82) is 0 Å². The van der Waals surface area contributed by atoms with Gasteiger partial charge in [0.15, 0.2) is 0 Å². The van der Waals surface area contributed by atoms with Crippen molar-refractivity contribution in [1.82, 2.24) is 4.72 Å². The van der Waals surface area contributed by atoms with Gasteiger partial charge < -0.3 is 0 Å². The van der Waals surface area contributed by atoms with Gasteiger partial charge in [0.25, 0.3) is 0 Å². The molecule has 1 nitrogen and oxygen atoms in total. The maximum absolute atomic E-state index is 4.01. The van der Waals surface area contributed by atoms with Gasteiger partial charge in [0, 0.05) is 11.4 Å². The van der Waals surface area contributed by atoms with Gasteiger partial charge in [-0.3, -0.25) is 4.72 Å². The Hall–Kier alpha value is -0.900. The van der Waals surface area contributed by atoms with E-state index >= 15 is 0 Å². The van der Waals surface area contributed by atoms with Crippen molar-refractivity contribution in [2.24, 2.45) is 11.8 Å². The molecule has 0 spiro atoms. The summed E-state index contributed by atoms with van der Waals surface area (Å²) < 4.78 is 2.86. The number of thioether (sulfide) groups is 1. The summed E-state index contributed by atoms with van der Waals surface area (Å²) in [6.45, 7) is 25.5. The van der Waals surface area contributed by atoms with Gasteiger partial charge in [0.2, 0.25) is 0 Å². The van der Waals surface area contributed by atoms with Crippen molar-refractivity contribution in [2.75, 3.05) is 0 Å². The third-order valence-corrected chi connectivity index (χ3v) is 3.76. The van der Waals surface area contributed by atoms with Gasteiger partial charge in [0.1, 0.15) is 0 Å². The van der Waals surface area contributed by atoms with Crippen LogP contribution >= 0.6 is 24.6 Å². The number of hydrogen-bond donors (Lipinski definition) is 2. The predicted octanol–water partition coefficient (Wildman–Crippen LogP) is 8.38. The molecule has 150 valence electrons. The van der Waals surface area contributed by atoms with E-state index in [9.17, 15) is 0 Å². The second kappa shape index (κ2) is 22.1. The van der Waals surface area contributed by atoms with Gasteiger partial charge in [0.05, 0.1) is 0 Å². The Kier molecular flexibility index (Phi) is 25.4. The third kappa shape index (κ3) is 17.9. The first-order valence-electron chi connectivity index (χ1n) is 9.40. The minimum atomic E-state index is 0.589. The van der Waals surface area contributed by atoms with E-state index < -0.39 is 0 Å². The van der Waals surface area contributed by atoms with Crippen molar-refractivity contribution in [3.8, 4) is 0 Å². The number of benzene rings is 1. The Bertz CT molecular complexity index is 447. The first-order chi connectivity index (χ1) is 12.4. The average molecular weight is 396 g/mol. The molecule has 0 saturated carbocycles. The molecule has 1 unspecified atom stereocenters. The zero-order chi connectivity index (χ0) is 21.0. The van der Waals surface area contributed by atoms with Crippen molar-refractivity contribution in [3.05, 3.63) is 66.6 Å². The summed E-state index contributed by atoms with van der Waals surface area (Å²) >= 11 is 5.70. The lowest BCUT2D eigenvalue weighted by Crippen LogP contribution is -1.98. The zero-order valence-electron chi connectivity index (χ0n) is 18.0. The molecule has 0 aliphatic rings. The Morgan fingerprint density at radius 2 is 1.58 bits per heavy atom. The molecule has 0 aliphatic carbocycles.